The van der Waals surface area contributed by atoms with Crippen molar-refractivity contribution in [1.82, 2.24) is 9.62 Å². The number of aliphatic hydroxyl groups excluding tert-OH is 1. The van der Waals surface area contributed by atoms with Gasteiger partial charge in [0.15, 0.2) is 6.29 Å². The lowest BCUT2D eigenvalue weighted by molar-refractivity contribution is -0.0907. The predicted octanol–water partition coefficient (Wildman–Crippen LogP) is 2.38. The molecule has 0 radical (unpaired) electrons. The number of nitrogens with zero attached hydrogens (tertiary/aromatic N) is 1. The standard InChI is InChI=1S/C28H39N3O8S/c1-18(2)15-31(40(34,35)22-10-8-21(36-3)9-11-22)16-25(32)24(14-19-4-6-20(29)7-5-19)30-28(33)39-26-17-38-27-23(26)12-13-37-27/h4-11,18,23-27,32H,12-17,29H2,1-3H3,(H,30,33)/t23-,24-,25+,26-,27+/m0/s1. The fourth-order valence-corrected chi connectivity index (χ4v) is 6.59. The summed E-state index contributed by atoms with van der Waals surface area (Å²) in [6.45, 7) is 4.51. The van der Waals surface area contributed by atoms with Crippen LogP contribution >= 0.6 is 0 Å². The van der Waals surface area contributed by atoms with Crippen molar-refractivity contribution < 1.29 is 37.3 Å². The van der Waals surface area contributed by atoms with E-state index in [-0.39, 0.29) is 49.1 Å². The highest BCUT2D eigenvalue weighted by Gasteiger charge is 2.44. The van der Waals surface area contributed by atoms with Gasteiger partial charge in [-0.15, -0.1) is 0 Å². The quantitative estimate of drug-likeness (QED) is 0.323. The van der Waals surface area contributed by atoms with E-state index >= 15 is 0 Å². The van der Waals surface area contributed by atoms with E-state index in [0.717, 1.165) is 12.0 Å². The second-order valence-electron chi connectivity index (χ2n) is 10.6. The van der Waals surface area contributed by atoms with Gasteiger partial charge in [0, 0.05) is 18.8 Å². The molecule has 4 rings (SSSR count). The molecule has 40 heavy (non-hydrogen) atoms. The number of benzene rings is 2. The number of nitrogens with one attached hydrogen (secondary N) is 1. The van der Waals surface area contributed by atoms with Crippen molar-refractivity contribution in [3.63, 3.8) is 0 Å². The van der Waals surface area contributed by atoms with Gasteiger partial charge in [-0.05, 0) is 60.7 Å². The molecule has 1 amide bonds. The van der Waals surface area contributed by atoms with E-state index in [1.165, 1.54) is 23.5 Å². The molecule has 0 unspecified atom stereocenters. The van der Waals surface area contributed by atoms with Gasteiger partial charge in [0.05, 0.1) is 43.3 Å². The van der Waals surface area contributed by atoms with Crippen LogP contribution in [0.2, 0.25) is 0 Å². The minimum absolute atomic E-state index is 0.0161. The van der Waals surface area contributed by atoms with Gasteiger partial charge >= 0.3 is 6.09 Å². The Morgan fingerprint density at radius 1 is 1.12 bits per heavy atom. The summed E-state index contributed by atoms with van der Waals surface area (Å²) in [6.07, 6.45) is -1.84. The van der Waals surface area contributed by atoms with E-state index < -0.39 is 34.4 Å². The first kappa shape index (κ1) is 30.1. The molecule has 0 saturated carbocycles. The smallest absolute Gasteiger partial charge is 0.407 e. The predicted molar refractivity (Wildman–Crippen MR) is 148 cm³/mol. The molecule has 0 bridgehead atoms. The molecular weight excluding hydrogens is 538 g/mol. The first-order valence-corrected chi connectivity index (χ1v) is 14.9. The zero-order valence-corrected chi connectivity index (χ0v) is 23.9. The van der Waals surface area contributed by atoms with E-state index in [1.807, 2.05) is 13.8 Å². The zero-order chi connectivity index (χ0) is 28.9. The Bertz CT molecular complexity index is 1220. The van der Waals surface area contributed by atoms with Gasteiger partial charge in [-0.2, -0.15) is 4.31 Å². The van der Waals surface area contributed by atoms with Crippen molar-refractivity contribution >= 4 is 21.8 Å². The highest BCUT2D eigenvalue weighted by atomic mass is 32.2. The Morgan fingerprint density at radius 2 is 1.82 bits per heavy atom. The summed E-state index contributed by atoms with van der Waals surface area (Å²) in [6, 6.07) is 12.3. The van der Waals surface area contributed by atoms with E-state index in [9.17, 15) is 18.3 Å². The van der Waals surface area contributed by atoms with E-state index in [4.69, 9.17) is 24.7 Å². The summed E-state index contributed by atoms with van der Waals surface area (Å²) in [5.41, 5.74) is 7.21. The summed E-state index contributed by atoms with van der Waals surface area (Å²) >= 11 is 0. The number of carbonyl (C=O) groups is 1. The van der Waals surface area contributed by atoms with Crippen LogP contribution in [-0.4, -0.2) is 81.9 Å². The number of anilines is 1. The molecule has 0 spiro atoms. The highest BCUT2D eigenvalue weighted by Crippen LogP contribution is 2.33. The minimum Gasteiger partial charge on any atom is -0.497 e. The maximum Gasteiger partial charge on any atom is 0.407 e. The average Bonchev–Trinajstić information content (AvgIpc) is 3.54. The van der Waals surface area contributed by atoms with Gasteiger partial charge in [0.2, 0.25) is 10.0 Å². The number of amides is 1. The molecule has 220 valence electrons. The van der Waals surface area contributed by atoms with Crippen molar-refractivity contribution in [3.8, 4) is 5.75 Å². The normalized spacial score (nSPS) is 22.2. The number of rotatable bonds is 12. The molecule has 5 atom stereocenters. The van der Waals surface area contributed by atoms with Gasteiger partial charge in [0.1, 0.15) is 11.9 Å². The maximum atomic E-state index is 13.6. The summed E-state index contributed by atoms with van der Waals surface area (Å²) in [5.74, 6) is 0.476. The average molecular weight is 578 g/mol. The lowest BCUT2D eigenvalue weighted by Gasteiger charge is -2.31. The lowest BCUT2D eigenvalue weighted by atomic mass is 10.0. The zero-order valence-electron chi connectivity index (χ0n) is 23.1. The van der Waals surface area contributed by atoms with E-state index in [2.05, 4.69) is 5.32 Å². The van der Waals surface area contributed by atoms with Crippen LogP contribution in [0.5, 0.6) is 5.75 Å². The summed E-state index contributed by atoms with van der Waals surface area (Å²) in [5, 5.41) is 14.2. The molecule has 0 aromatic heterocycles. The second-order valence-corrected chi connectivity index (χ2v) is 12.6. The van der Waals surface area contributed by atoms with Crippen LogP contribution in [0.15, 0.2) is 53.4 Å². The van der Waals surface area contributed by atoms with E-state index in [1.54, 1.807) is 36.4 Å². The van der Waals surface area contributed by atoms with Crippen molar-refractivity contribution in [2.24, 2.45) is 11.8 Å². The molecule has 2 aliphatic heterocycles. The molecule has 2 aromatic carbocycles. The molecule has 2 aliphatic rings. The lowest BCUT2D eigenvalue weighted by Crippen LogP contribution is -2.51. The van der Waals surface area contributed by atoms with Crippen LogP contribution in [0.25, 0.3) is 0 Å². The second kappa shape index (κ2) is 13.2. The van der Waals surface area contributed by atoms with Gasteiger partial charge in [-0.1, -0.05) is 26.0 Å². The molecule has 0 aliphatic carbocycles. The summed E-state index contributed by atoms with van der Waals surface area (Å²) in [7, 11) is -2.45. The monoisotopic (exact) mass is 577 g/mol. The number of aliphatic hydroxyl groups is 1. The number of hydrogen-bond acceptors (Lipinski definition) is 9. The van der Waals surface area contributed by atoms with Crippen molar-refractivity contribution in [2.45, 2.75) is 56.1 Å². The maximum absolute atomic E-state index is 13.6. The molecular formula is C28H39N3O8S. The number of fused-ring (bicyclic) bond motifs is 1. The number of carbonyl (C=O) groups excluding carboxylic acids is 1. The summed E-state index contributed by atoms with van der Waals surface area (Å²) in [4.78, 5) is 13.1. The molecule has 2 saturated heterocycles. The number of nitrogen functional groups attached to an aromatic ring is 1. The number of hydrogen-bond donors (Lipinski definition) is 3. The minimum atomic E-state index is -3.96. The Hall–Kier alpha value is -2.90. The fourth-order valence-electron chi connectivity index (χ4n) is 4.97. The molecule has 4 N–H and O–H groups in total. The number of nitrogens with two attached hydrogens (primary N) is 1. The SMILES string of the molecule is COc1ccc(S(=O)(=O)N(CC(C)C)C[C@@H](O)[C@H](Cc2ccc(N)cc2)NC(=O)O[C@H]2CO[C@H]3OCC[C@H]32)cc1. The third-order valence-electron chi connectivity index (χ3n) is 7.10. The Balaban J connectivity index is 1.52. The molecule has 12 heteroatoms. The number of sulfonamides is 1. The van der Waals surface area contributed by atoms with Crippen molar-refractivity contribution in [2.75, 3.05) is 39.1 Å². The number of methoxy groups -OCH3 is 1. The van der Waals surface area contributed by atoms with Crippen molar-refractivity contribution in [3.05, 3.63) is 54.1 Å². The van der Waals surface area contributed by atoms with Gasteiger partial charge < -0.3 is 35.1 Å². The van der Waals surface area contributed by atoms with Crippen LogP contribution in [-0.2, 0) is 30.7 Å². The highest BCUT2D eigenvalue weighted by molar-refractivity contribution is 7.89. The van der Waals surface area contributed by atoms with Crippen LogP contribution in [0.3, 0.4) is 0 Å². The Kier molecular flexibility index (Phi) is 9.90. The Morgan fingerprint density at radius 3 is 2.48 bits per heavy atom. The van der Waals surface area contributed by atoms with Crippen LogP contribution in [0.4, 0.5) is 10.5 Å². The number of alkyl carbamates (subject to hydrolysis) is 1. The third kappa shape index (κ3) is 7.43. The van der Waals surface area contributed by atoms with Crippen LogP contribution in [0, 0.1) is 11.8 Å². The summed E-state index contributed by atoms with van der Waals surface area (Å²) < 4.78 is 50.3. The van der Waals surface area contributed by atoms with E-state index in [0.29, 0.717) is 18.0 Å². The number of ether oxygens (including phenoxy) is 4. The molecule has 2 heterocycles. The van der Waals surface area contributed by atoms with Crippen molar-refractivity contribution in [1.29, 1.82) is 0 Å². The van der Waals surface area contributed by atoms with Gasteiger partial charge in [0.25, 0.3) is 0 Å². The third-order valence-corrected chi connectivity index (χ3v) is 8.95. The molecule has 11 nitrogen and oxygen atoms in total. The fraction of sp³-hybridized carbons (Fsp3) is 0.536. The van der Waals surface area contributed by atoms with Gasteiger partial charge in [-0.3, -0.25) is 0 Å². The first-order chi connectivity index (χ1) is 19.1. The topological polar surface area (TPSA) is 150 Å². The van der Waals surface area contributed by atoms with Crippen LogP contribution in [0.1, 0.15) is 25.8 Å². The van der Waals surface area contributed by atoms with Gasteiger partial charge in [-0.25, -0.2) is 13.2 Å². The van der Waals surface area contributed by atoms with Crippen LogP contribution < -0.4 is 15.8 Å². The molecule has 2 aromatic rings. The Labute approximate surface area is 235 Å². The largest absolute Gasteiger partial charge is 0.497 e. The molecule has 2 fully saturated rings. The first-order valence-electron chi connectivity index (χ1n) is 13.4.